The Labute approximate surface area is 148 Å². The molecule has 1 unspecified atom stereocenters. The highest BCUT2D eigenvalue weighted by molar-refractivity contribution is 5.46. The summed E-state index contributed by atoms with van der Waals surface area (Å²) < 4.78 is 18.7. The molecule has 1 aliphatic rings. The van der Waals surface area contributed by atoms with Crippen molar-refractivity contribution in [3.05, 3.63) is 59.9 Å². The van der Waals surface area contributed by atoms with Crippen LogP contribution in [0, 0.1) is 12.7 Å². The molecule has 25 heavy (non-hydrogen) atoms. The van der Waals surface area contributed by atoms with Gasteiger partial charge in [-0.2, -0.15) is 0 Å². The summed E-state index contributed by atoms with van der Waals surface area (Å²) in [5.74, 6) is 0.613. The van der Waals surface area contributed by atoms with Crippen LogP contribution in [-0.2, 0) is 0 Å². The molecule has 3 rings (SSSR count). The third kappa shape index (κ3) is 4.94. The van der Waals surface area contributed by atoms with E-state index < -0.39 is 6.10 Å². The smallest absolute Gasteiger partial charge is 0.123 e. The van der Waals surface area contributed by atoms with Crippen molar-refractivity contribution in [2.24, 2.45) is 0 Å². The molecule has 1 aliphatic heterocycles. The Balaban J connectivity index is 1.42. The molecule has 1 saturated heterocycles. The number of para-hydroxylation sites is 1. The average molecular weight is 344 g/mol. The molecule has 0 saturated carbocycles. The SMILES string of the molecule is Cc1ccccc1OCC(O)CN1CCN(c2ccc(F)cc2)CC1. The van der Waals surface area contributed by atoms with Gasteiger partial charge in [-0.25, -0.2) is 4.39 Å². The van der Waals surface area contributed by atoms with E-state index >= 15 is 0 Å². The Hall–Kier alpha value is -2.11. The van der Waals surface area contributed by atoms with Gasteiger partial charge in [0, 0.05) is 38.4 Å². The first kappa shape index (κ1) is 17.7. The van der Waals surface area contributed by atoms with Gasteiger partial charge in [-0.3, -0.25) is 4.90 Å². The van der Waals surface area contributed by atoms with Crippen molar-refractivity contribution in [3.63, 3.8) is 0 Å². The lowest BCUT2D eigenvalue weighted by molar-refractivity contribution is 0.0661. The number of benzene rings is 2. The standard InChI is InChI=1S/C20H25FN2O2/c1-16-4-2-3-5-20(16)25-15-19(24)14-22-10-12-23(13-11-22)18-8-6-17(21)7-9-18/h2-9,19,24H,10-15H2,1H3. The third-order valence-electron chi connectivity index (χ3n) is 4.56. The van der Waals surface area contributed by atoms with E-state index in [9.17, 15) is 9.50 Å². The van der Waals surface area contributed by atoms with Crippen molar-refractivity contribution in [2.45, 2.75) is 13.0 Å². The van der Waals surface area contributed by atoms with Gasteiger partial charge in [-0.15, -0.1) is 0 Å². The van der Waals surface area contributed by atoms with Crippen LogP contribution in [0.2, 0.25) is 0 Å². The minimum Gasteiger partial charge on any atom is -0.491 e. The normalized spacial score (nSPS) is 16.7. The summed E-state index contributed by atoms with van der Waals surface area (Å²) in [6.45, 7) is 6.38. The fraction of sp³-hybridized carbons (Fsp3) is 0.400. The van der Waals surface area contributed by atoms with E-state index in [4.69, 9.17) is 4.74 Å². The number of β-amino-alcohol motifs (C(OH)–C–C–N with tert-alkyl or cyclic N) is 1. The van der Waals surface area contributed by atoms with Gasteiger partial charge >= 0.3 is 0 Å². The van der Waals surface area contributed by atoms with Crippen LogP contribution in [0.1, 0.15) is 5.56 Å². The van der Waals surface area contributed by atoms with Crippen molar-refractivity contribution in [3.8, 4) is 5.75 Å². The maximum atomic E-state index is 13.0. The molecule has 0 radical (unpaired) electrons. The largest absolute Gasteiger partial charge is 0.491 e. The summed E-state index contributed by atoms with van der Waals surface area (Å²) in [5, 5.41) is 10.2. The first-order valence-electron chi connectivity index (χ1n) is 8.71. The molecule has 1 atom stereocenters. The number of aliphatic hydroxyl groups excluding tert-OH is 1. The minimum atomic E-state index is -0.517. The Morgan fingerprint density at radius 2 is 1.72 bits per heavy atom. The molecule has 4 nitrogen and oxygen atoms in total. The van der Waals surface area contributed by atoms with E-state index in [1.54, 1.807) is 0 Å². The van der Waals surface area contributed by atoms with Gasteiger partial charge in [0.15, 0.2) is 0 Å². The van der Waals surface area contributed by atoms with Crippen molar-refractivity contribution < 1.29 is 14.2 Å². The van der Waals surface area contributed by atoms with Crippen LogP contribution in [0.4, 0.5) is 10.1 Å². The molecule has 5 heteroatoms. The molecule has 0 spiro atoms. The van der Waals surface area contributed by atoms with Crippen molar-refractivity contribution >= 4 is 5.69 Å². The van der Waals surface area contributed by atoms with Crippen LogP contribution in [0.25, 0.3) is 0 Å². The second-order valence-corrected chi connectivity index (χ2v) is 6.49. The van der Waals surface area contributed by atoms with Gasteiger partial charge in [0.1, 0.15) is 24.3 Å². The van der Waals surface area contributed by atoms with Crippen LogP contribution in [0.15, 0.2) is 48.5 Å². The van der Waals surface area contributed by atoms with Gasteiger partial charge in [0.25, 0.3) is 0 Å². The summed E-state index contributed by atoms with van der Waals surface area (Å²) in [7, 11) is 0. The lowest BCUT2D eigenvalue weighted by atomic mass is 10.2. The Bertz CT molecular complexity index is 670. The molecule has 0 aromatic heterocycles. The van der Waals surface area contributed by atoms with E-state index in [1.807, 2.05) is 43.3 Å². The summed E-state index contributed by atoms with van der Waals surface area (Å²) in [6, 6.07) is 14.4. The first-order valence-corrected chi connectivity index (χ1v) is 8.71. The van der Waals surface area contributed by atoms with Crippen molar-refractivity contribution in [1.82, 2.24) is 4.90 Å². The highest BCUT2D eigenvalue weighted by Crippen LogP contribution is 2.18. The number of halogens is 1. The van der Waals surface area contributed by atoms with Crippen LogP contribution in [0.5, 0.6) is 5.75 Å². The zero-order valence-electron chi connectivity index (χ0n) is 14.6. The van der Waals surface area contributed by atoms with E-state index in [-0.39, 0.29) is 5.82 Å². The number of aliphatic hydroxyl groups is 1. The molecule has 1 heterocycles. The molecule has 0 aliphatic carbocycles. The highest BCUT2D eigenvalue weighted by Gasteiger charge is 2.20. The molecular formula is C20H25FN2O2. The fourth-order valence-electron chi connectivity index (χ4n) is 3.10. The van der Waals surface area contributed by atoms with Gasteiger partial charge in [-0.05, 0) is 42.8 Å². The maximum Gasteiger partial charge on any atom is 0.123 e. The zero-order valence-corrected chi connectivity index (χ0v) is 14.6. The van der Waals surface area contributed by atoms with Gasteiger partial charge in [-0.1, -0.05) is 18.2 Å². The molecule has 0 amide bonds. The predicted molar refractivity (Wildman–Crippen MR) is 97.7 cm³/mol. The van der Waals surface area contributed by atoms with E-state index in [1.165, 1.54) is 12.1 Å². The molecule has 2 aromatic carbocycles. The molecule has 134 valence electrons. The fourth-order valence-corrected chi connectivity index (χ4v) is 3.10. The van der Waals surface area contributed by atoms with Crippen LogP contribution in [-0.4, -0.2) is 55.4 Å². The first-order chi connectivity index (χ1) is 12.1. The summed E-state index contributed by atoms with van der Waals surface area (Å²) in [6.07, 6.45) is -0.517. The van der Waals surface area contributed by atoms with Gasteiger partial charge < -0.3 is 14.7 Å². The van der Waals surface area contributed by atoms with Crippen LogP contribution < -0.4 is 9.64 Å². The number of anilines is 1. The quantitative estimate of drug-likeness (QED) is 0.874. The summed E-state index contributed by atoms with van der Waals surface area (Å²) in [5.41, 5.74) is 2.12. The number of hydrogen-bond donors (Lipinski definition) is 1. The maximum absolute atomic E-state index is 13.0. The number of ether oxygens (including phenoxy) is 1. The number of nitrogens with zero attached hydrogens (tertiary/aromatic N) is 2. The Morgan fingerprint density at radius 3 is 2.40 bits per heavy atom. The van der Waals surface area contributed by atoms with E-state index in [0.717, 1.165) is 43.2 Å². The van der Waals surface area contributed by atoms with E-state index in [0.29, 0.717) is 13.2 Å². The van der Waals surface area contributed by atoms with Crippen LogP contribution in [0.3, 0.4) is 0 Å². The molecule has 1 fully saturated rings. The minimum absolute atomic E-state index is 0.209. The number of aryl methyl sites for hydroxylation is 1. The topological polar surface area (TPSA) is 35.9 Å². The second kappa shape index (κ2) is 8.32. The molecule has 2 aromatic rings. The van der Waals surface area contributed by atoms with Gasteiger partial charge in [0.2, 0.25) is 0 Å². The predicted octanol–water partition coefficient (Wildman–Crippen LogP) is 2.70. The Morgan fingerprint density at radius 1 is 1.04 bits per heavy atom. The zero-order chi connectivity index (χ0) is 17.6. The molecule has 1 N–H and O–H groups in total. The lowest BCUT2D eigenvalue weighted by Gasteiger charge is -2.36. The Kier molecular flexibility index (Phi) is 5.89. The third-order valence-corrected chi connectivity index (χ3v) is 4.56. The van der Waals surface area contributed by atoms with Crippen molar-refractivity contribution in [1.29, 1.82) is 0 Å². The molecular weight excluding hydrogens is 319 g/mol. The van der Waals surface area contributed by atoms with E-state index in [2.05, 4.69) is 9.80 Å². The van der Waals surface area contributed by atoms with Crippen molar-refractivity contribution in [2.75, 3.05) is 44.2 Å². The second-order valence-electron chi connectivity index (χ2n) is 6.49. The van der Waals surface area contributed by atoms with Gasteiger partial charge in [0.05, 0.1) is 0 Å². The summed E-state index contributed by atoms with van der Waals surface area (Å²) >= 11 is 0. The monoisotopic (exact) mass is 344 g/mol. The lowest BCUT2D eigenvalue weighted by Crippen LogP contribution is -2.49. The number of rotatable bonds is 6. The molecule has 0 bridgehead atoms. The number of piperazine rings is 1. The van der Waals surface area contributed by atoms with Crippen LogP contribution >= 0.6 is 0 Å². The number of hydrogen-bond acceptors (Lipinski definition) is 4. The average Bonchev–Trinajstić information content (AvgIpc) is 2.62. The highest BCUT2D eigenvalue weighted by atomic mass is 19.1. The summed E-state index contributed by atoms with van der Waals surface area (Å²) in [4.78, 5) is 4.48.